The molecule has 5 heteroatoms. The summed E-state index contributed by atoms with van der Waals surface area (Å²) >= 11 is 0. The van der Waals surface area contributed by atoms with Crippen LogP contribution in [-0.2, 0) is 13.0 Å². The minimum absolute atomic E-state index is 0.0453. The minimum Gasteiger partial charge on any atom is -0.504 e. The summed E-state index contributed by atoms with van der Waals surface area (Å²) in [7, 11) is 0. The van der Waals surface area contributed by atoms with E-state index >= 15 is 0 Å². The molecule has 0 atom stereocenters. The van der Waals surface area contributed by atoms with E-state index in [1.165, 1.54) is 6.07 Å². The molecule has 5 nitrogen and oxygen atoms in total. The Morgan fingerprint density at radius 2 is 2.17 bits per heavy atom. The van der Waals surface area contributed by atoms with Crippen LogP contribution in [0.3, 0.4) is 0 Å². The average Bonchev–Trinajstić information content (AvgIpc) is 2.87. The highest BCUT2D eigenvalue weighted by atomic mass is 16.3. The fraction of sp³-hybridized carbons (Fsp3) is 0.308. The molecule has 1 aromatic carbocycles. The van der Waals surface area contributed by atoms with Crippen molar-refractivity contribution in [2.75, 3.05) is 6.54 Å². The van der Waals surface area contributed by atoms with E-state index in [9.17, 15) is 10.2 Å². The summed E-state index contributed by atoms with van der Waals surface area (Å²) in [6.07, 6.45) is 5.42. The molecule has 96 valence electrons. The van der Waals surface area contributed by atoms with Crippen LogP contribution in [0, 0.1) is 0 Å². The number of phenols is 2. The monoisotopic (exact) mass is 247 g/mol. The molecule has 1 heterocycles. The Morgan fingerprint density at radius 3 is 2.94 bits per heavy atom. The van der Waals surface area contributed by atoms with Gasteiger partial charge in [-0.3, -0.25) is 0 Å². The molecule has 1 aromatic heterocycles. The van der Waals surface area contributed by atoms with Crippen molar-refractivity contribution in [3.05, 3.63) is 42.0 Å². The minimum atomic E-state index is -0.0788. The van der Waals surface area contributed by atoms with Crippen molar-refractivity contribution < 1.29 is 10.2 Å². The molecule has 0 aliphatic heterocycles. The van der Waals surface area contributed by atoms with E-state index < -0.39 is 0 Å². The lowest BCUT2D eigenvalue weighted by atomic mass is 10.2. The molecule has 0 fully saturated rings. The highest BCUT2D eigenvalue weighted by Gasteiger charge is 2.04. The molecule has 0 aliphatic rings. The second-order valence-corrected chi connectivity index (χ2v) is 4.10. The summed E-state index contributed by atoms with van der Waals surface area (Å²) < 4.78 is 0. The highest BCUT2D eigenvalue weighted by molar-refractivity contribution is 5.44. The summed E-state index contributed by atoms with van der Waals surface area (Å²) in [5.41, 5.74) is 0.702. The molecular formula is C13H17N3O2. The van der Waals surface area contributed by atoms with Crippen molar-refractivity contribution in [1.29, 1.82) is 0 Å². The fourth-order valence-corrected chi connectivity index (χ4v) is 1.76. The lowest BCUT2D eigenvalue weighted by molar-refractivity contribution is 0.397. The van der Waals surface area contributed by atoms with E-state index in [1.54, 1.807) is 18.3 Å². The number of phenolic OH excluding ortho intramolecular Hbond substituents is 2. The van der Waals surface area contributed by atoms with E-state index in [4.69, 9.17) is 0 Å². The first-order valence-electron chi connectivity index (χ1n) is 5.96. The first kappa shape index (κ1) is 12.4. The van der Waals surface area contributed by atoms with E-state index in [0.29, 0.717) is 12.1 Å². The molecule has 2 aromatic rings. The van der Waals surface area contributed by atoms with Gasteiger partial charge in [-0.2, -0.15) is 0 Å². The number of aromatic nitrogens is 2. The summed E-state index contributed by atoms with van der Waals surface area (Å²) in [5, 5.41) is 22.2. The molecule has 0 amide bonds. The van der Waals surface area contributed by atoms with E-state index in [2.05, 4.69) is 15.3 Å². The second kappa shape index (κ2) is 6.07. The summed E-state index contributed by atoms with van der Waals surface area (Å²) in [6.45, 7) is 1.37. The Balaban J connectivity index is 1.70. The number of rotatable bonds is 6. The Kier molecular flexibility index (Phi) is 4.20. The number of benzene rings is 1. The smallest absolute Gasteiger partial charge is 0.161 e. The maximum Gasteiger partial charge on any atom is 0.161 e. The Labute approximate surface area is 106 Å². The van der Waals surface area contributed by atoms with E-state index in [-0.39, 0.29) is 11.5 Å². The van der Waals surface area contributed by atoms with Crippen molar-refractivity contribution in [2.24, 2.45) is 0 Å². The molecular weight excluding hydrogens is 230 g/mol. The number of aryl methyl sites for hydroxylation is 1. The molecule has 0 radical (unpaired) electrons. The third-order valence-electron chi connectivity index (χ3n) is 2.74. The summed E-state index contributed by atoms with van der Waals surface area (Å²) in [4.78, 5) is 7.19. The van der Waals surface area contributed by atoms with Crippen LogP contribution < -0.4 is 5.32 Å². The van der Waals surface area contributed by atoms with Crippen LogP contribution in [0.5, 0.6) is 11.5 Å². The zero-order chi connectivity index (χ0) is 12.8. The first-order valence-corrected chi connectivity index (χ1v) is 5.96. The zero-order valence-corrected chi connectivity index (χ0v) is 10.1. The van der Waals surface area contributed by atoms with Gasteiger partial charge >= 0.3 is 0 Å². The van der Waals surface area contributed by atoms with Crippen LogP contribution >= 0.6 is 0 Å². The van der Waals surface area contributed by atoms with Gasteiger partial charge in [0.2, 0.25) is 0 Å². The largest absolute Gasteiger partial charge is 0.504 e. The Hall–Kier alpha value is -2.01. The number of hydrogen-bond donors (Lipinski definition) is 4. The van der Waals surface area contributed by atoms with Gasteiger partial charge < -0.3 is 20.5 Å². The lowest BCUT2D eigenvalue weighted by Gasteiger charge is -2.07. The number of imidazole rings is 1. The van der Waals surface area contributed by atoms with Crippen LogP contribution in [0.4, 0.5) is 0 Å². The number of aromatic hydroxyl groups is 2. The topological polar surface area (TPSA) is 81.2 Å². The number of nitrogens with zero attached hydrogens (tertiary/aromatic N) is 1. The third-order valence-corrected chi connectivity index (χ3v) is 2.74. The Morgan fingerprint density at radius 1 is 1.28 bits per heavy atom. The van der Waals surface area contributed by atoms with Crippen molar-refractivity contribution in [3.63, 3.8) is 0 Å². The summed E-state index contributed by atoms with van der Waals surface area (Å²) in [6, 6.07) is 4.97. The molecule has 0 bridgehead atoms. The van der Waals surface area contributed by atoms with Crippen LogP contribution in [-0.4, -0.2) is 26.7 Å². The van der Waals surface area contributed by atoms with Gasteiger partial charge in [0.25, 0.3) is 0 Å². The van der Waals surface area contributed by atoms with Crippen LogP contribution in [0.2, 0.25) is 0 Å². The standard InChI is InChI=1S/C13H17N3O2/c17-11-4-1-3-10(13(11)18)9-14-6-2-5-12-15-7-8-16-12/h1,3-4,7-8,14,17-18H,2,5-6,9H2,(H,15,16). The average molecular weight is 247 g/mol. The van der Waals surface area contributed by atoms with Gasteiger partial charge in [-0.25, -0.2) is 4.98 Å². The van der Waals surface area contributed by atoms with Crippen molar-refractivity contribution in [3.8, 4) is 11.5 Å². The SMILES string of the molecule is Oc1cccc(CNCCCc2ncc[nH]2)c1O. The Bertz CT molecular complexity index is 483. The molecule has 0 saturated heterocycles. The van der Waals surface area contributed by atoms with Gasteiger partial charge in [-0.15, -0.1) is 0 Å². The van der Waals surface area contributed by atoms with Gasteiger partial charge in [-0.1, -0.05) is 12.1 Å². The highest BCUT2D eigenvalue weighted by Crippen LogP contribution is 2.27. The number of hydrogen-bond acceptors (Lipinski definition) is 4. The van der Waals surface area contributed by atoms with E-state index in [1.807, 2.05) is 6.20 Å². The molecule has 0 aliphatic carbocycles. The molecule has 2 rings (SSSR count). The third kappa shape index (κ3) is 3.24. The molecule has 0 spiro atoms. The van der Waals surface area contributed by atoms with Gasteiger partial charge in [-0.05, 0) is 19.0 Å². The van der Waals surface area contributed by atoms with Gasteiger partial charge in [0.1, 0.15) is 5.82 Å². The molecule has 0 unspecified atom stereocenters. The normalized spacial score (nSPS) is 10.7. The lowest BCUT2D eigenvalue weighted by Crippen LogP contribution is -2.15. The van der Waals surface area contributed by atoms with Crippen LogP contribution in [0.1, 0.15) is 17.8 Å². The van der Waals surface area contributed by atoms with Gasteiger partial charge in [0.15, 0.2) is 11.5 Å². The van der Waals surface area contributed by atoms with Gasteiger partial charge in [0, 0.05) is 30.9 Å². The predicted molar refractivity (Wildman–Crippen MR) is 68.4 cm³/mol. The number of nitrogens with one attached hydrogen (secondary N) is 2. The van der Waals surface area contributed by atoms with Crippen LogP contribution in [0.15, 0.2) is 30.6 Å². The van der Waals surface area contributed by atoms with Crippen LogP contribution in [0.25, 0.3) is 0 Å². The second-order valence-electron chi connectivity index (χ2n) is 4.10. The van der Waals surface area contributed by atoms with Gasteiger partial charge in [0.05, 0.1) is 0 Å². The first-order chi connectivity index (χ1) is 8.77. The van der Waals surface area contributed by atoms with Crippen molar-refractivity contribution in [2.45, 2.75) is 19.4 Å². The quantitative estimate of drug-likeness (QED) is 0.461. The number of para-hydroxylation sites is 1. The zero-order valence-electron chi connectivity index (χ0n) is 10.1. The summed E-state index contributed by atoms with van der Waals surface area (Å²) in [5.74, 6) is 0.859. The van der Waals surface area contributed by atoms with E-state index in [0.717, 1.165) is 25.2 Å². The molecule has 18 heavy (non-hydrogen) atoms. The number of H-pyrrole nitrogens is 1. The maximum absolute atomic E-state index is 9.60. The van der Waals surface area contributed by atoms with Crippen molar-refractivity contribution in [1.82, 2.24) is 15.3 Å². The fourth-order valence-electron chi connectivity index (χ4n) is 1.76. The number of aromatic amines is 1. The molecule has 0 saturated carbocycles. The molecule has 4 N–H and O–H groups in total. The predicted octanol–water partition coefficient (Wildman–Crippen LogP) is 1.54. The van der Waals surface area contributed by atoms with Crippen molar-refractivity contribution >= 4 is 0 Å². The maximum atomic E-state index is 9.60.